The summed E-state index contributed by atoms with van der Waals surface area (Å²) in [6.45, 7) is 0.496. The van der Waals surface area contributed by atoms with E-state index in [0.717, 1.165) is 22.9 Å². The van der Waals surface area contributed by atoms with Crippen LogP contribution >= 0.6 is 11.8 Å². The van der Waals surface area contributed by atoms with Gasteiger partial charge in [0.25, 0.3) is 5.91 Å². The van der Waals surface area contributed by atoms with E-state index in [0.29, 0.717) is 12.1 Å². The highest BCUT2D eigenvalue weighted by Crippen LogP contribution is 2.42. The molecule has 0 unspecified atom stereocenters. The number of para-hydroxylation sites is 1. The lowest BCUT2D eigenvalue weighted by molar-refractivity contribution is -0.118. The van der Waals surface area contributed by atoms with Crippen molar-refractivity contribution >= 4 is 29.3 Å². The van der Waals surface area contributed by atoms with E-state index < -0.39 is 0 Å². The van der Waals surface area contributed by atoms with Crippen molar-refractivity contribution in [2.45, 2.75) is 18.9 Å². The van der Waals surface area contributed by atoms with Crippen LogP contribution in [0.1, 0.15) is 15.9 Å². The zero-order valence-electron chi connectivity index (χ0n) is 13.5. The summed E-state index contributed by atoms with van der Waals surface area (Å²) in [5.74, 6) is 1.67. The fourth-order valence-electron chi connectivity index (χ4n) is 3.94. The number of hydrogen-bond acceptors (Lipinski definition) is 4. The molecule has 0 N–H and O–H groups in total. The lowest BCUT2D eigenvalue weighted by Gasteiger charge is -2.42. The average molecular weight is 351 g/mol. The van der Waals surface area contributed by atoms with Crippen molar-refractivity contribution in [3.8, 4) is 0 Å². The first-order valence-corrected chi connectivity index (χ1v) is 9.51. The van der Waals surface area contributed by atoms with Crippen LogP contribution in [0.25, 0.3) is 0 Å². The number of rotatable bonds is 2. The van der Waals surface area contributed by atoms with Crippen LogP contribution in [0.5, 0.6) is 0 Å². The second-order valence-electron chi connectivity index (χ2n) is 6.52. The van der Waals surface area contributed by atoms with Crippen molar-refractivity contribution in [1.82, 2.24) is 9.80 Å². The summed E-state index contributed by atoms with van der Waals surface area (Å²) in [7, 11) is 0. The lowest BCUT2D eigenvalue weighted by atomic mass is 10.1. The molecule has 3 aliphatic rings. The van der Waals surface area contributed by atoms with Gasteiger partial charge in [0.1, 0.15) is 6.04 Å². The van der Waals surface area contributed by atoms with E-state index in [1.165, 1.54) is 0 Å². The quantitative estimate of drug-likeness (QED) is 0.833. The Bertz CT molecular complexity index is 857. The van der Waals surface area contributed by atoms with E-state index in [2.05, 4.69) is 4.90 Å². The first-order valence-electron chi connectivity index (χ1n) is 8.36. The molecule has 2 saturated heterocycles. The predicted octanol–water partition coefficient (Wildman–Crippen LogP) is 2.35. The van der Waals surface area contributed by atoms with E-state index in [1.807, 2.05) is 64.4 Å². The smallest absolute Gasteiger partial charge is 0.258 e. The highest BCUT2D eigenvalue weighted by atomic mass is 32.2. The predicted molar refractivity (Wildman–Crippen MR) is 97.0 cm³/mol. The minimum atomic E-state index is -0.324. The molecule has 0 aliphatic carbocycles. The van der Waals surface area contributed by atoms with Gasteiger partial charge in [-0.3, -0.25) is 14.5 Å². The van der Waals surface area contributed by atoms with Gasteiger partial charge in [0.2, 0.25) is 5.91 Å². The Balaban J connectivity index is 1.63. The molecule has 0 radical (unpaired) electrons. The molecule has 2 atom stereocenters. The average Bonchev–Trinajstić information content (AvgIpc) is 3.22. The summed E-state index contributed by atoms with van der Waals surface area (Å²) in [6.07, 6.45) is -0.324. The molecule has 3 aliphatic heterocycles. The molecule has 0 aromatic heterocycles. The highest BCUT2D eigenvalue weighted by molar-refractivity contribution is 7.99. The van der Waals surface area contributed by atoms with Crippen LogP contribution in [-0.4, -0.2) is 45.6 Å². The molecule has 2 aromatic carbocycles. The van der Waals surface area contributed by atoms with E-state index in [-0.39, 0.29) is 24.1 Å². The van der Waals surface area contributed by atoms with Gasteiger partial charge in [-0.05, 0) is 17.7 Å². The van der Waals surface area contributed by atoms with Gasteiger partial charge >= 0.3 is 0 Å². The van der Waals surface area contributed by atoms with Crippen LogP contribution in [0.4, 0.5) is 5.69 Å². The maximum atomic E-state index is 13.2. The van der Waals surface area contributed by atoms with Crippen molar-refractivity contribution in [2.75, 3.05) is 16.5 Å². The summed E-state index contributed by atoms with van der Waals surface area (Å²) >= 11 is 1.76. The van der Waals surface area contributed by atoms with E-state index in [1.54, 1.807) is 11.8 Å². The van der Waals surface area contributed by atoms with Crippen molar-refractivity contribution in [3.63, 3.8) is 0 Å². The highest BCUT2D eigenvalue weighted by Gasteiger charge is 2.55. The Morgan fingerprint density at radius 3 is 2.60 bits per heavy atom. The van der Waals surface area contributed by atoms with Crippen molar-refractivity contribution in [2.24, 2.45) is 0 Å². The molecule has 3 heterocycles. The molecule has 6 heteroatoms. The number of anilines is 1. The van der Waals surface area contributed by atoms with Gasteiger partial charge < -0.3 is 4.90 Å². The molecule has 126 valence electrons. The molecule has 5 rings (SSSR count). The number of nitrogens with zero attached hydrogens (tertiary/aromatic N) is 3. The van der Waals surface area contributed by atoms with Gasteiger partial charge in [-0.25, -0.2) is 4.90 Å². The van der Waals surface area contributed by atoms with Crippen LogP contribution < -0.4 is 4.90 Å². The number of amides is 2. The maximum absolute atomic E-state index is 13.2. The molecule has 0 spiro atoms. The molecule has 25 heavy (non-hydrogen) atoms. The number of carbonyl (C=O) groups excluding carboxylic acids is 2. The number of thioether (sulfide) groups is 1. The van der Waals surface area contributed by atoms with Crippen molar-refractivity contribution in [1.29, 1.82) is 0 Å². The largest absolute Gasteiger partial charge is 0.300 e. The normalized spacial score (nSPS) is 25.1. The Morgan fingerprint density at radius 2 is 1.76 bits per heavy atom. The number of benzene rings is 2. The second-order valence-corrected chi connectivity index (χ2v) is 7.52. The van der Waals surface area contributed by atoms with Crippen LogP contribution in [-0.2, 0) is 11.3 Å². The van der Waals surface area contributed by atoms with Crippen molar-refractivity contribution in [3.05, 3.63) is 65.7 Å². The van der Waals surface area contributed by atoms with Crippen LogP contribution in [0.15, 0.2) is 54.6 Å². The summed E-state index contributed by atoms with van der Waals surface area (Å²) in [4.78, 5) is 32.0. The molecule has 5 nitrogen and oxygen atoms in total. The second kappa shape index (κ2) is 5.61. The maximum Gasteiger partial charge on any atom is 0.258 e. The van der Waals surface area contributed by atoms with E-state index >= 15 is 0 Å². The lowest BCUT2D eigenvalue weighted by Crippen LogP contribution is -2.57. The molecule has 2 aromatic rings. The number of carbonyl (C=O) groups is 2. The topological polar surface area (TPSA) is 43.9 Å². The zero-order valence-corrected chi connectivity index (χ0v) is 14.4. The molecular formula is C19H17N3O2S. The summed E-state index contributed by atoms with van der Waals surface area (Å²) in [5.41, 5.74) is 2.42. The molecule has 0 bridgehead atoms. The summed E-state index contributed by atoms with van der Waals surface area (Å²) in [6, 6.07) is 17.3. The number of hydrogen-bond donors (Lipinski definition) is 0. The molecule has 0 saturated carbocycles. The minimum Gasteiger partial charge on any atom is -0.300 e. The molecule has 2 fully saturated rings. The standard InChI is InChI=1S/C19H17N3O2S/c23-17-14-8-4-5-9-15(14)22-18(24)16-11-25-12-21(16)19(22)20(17)10-13-6-2-1-3-7-13/h1-9,16,19H,10-12H2/t16-,19+/m1/s1. The van der Waals surface area contributed by atoms with Gasteiger partial charge in [-0.1, -0.05) is 42.5 Å². The van der Waals surface area contributed by atoms with E-state index in [4.69, 9.17) is 0 Å². The van der Waals surface area contributed by atoms with Gasteiger partial charge in [-0.15, -0.1) is 11.8 Å². The fraction of sp³-hybridized carbons (Fsp3) is 0.263. The van der Waals surface area contributed by atoms with Crippen LogP contribution in [0.3, 0.4) is 0 Å². The van der Waals surface area contributed by atoms with Crippen LogP contribution in [0, 0.1) is 0 Å². The van der Waals surface area contributed by atoms with E-state index in [9.17, 15) is 9.59 Å². The third-order valence-electron chi connectivity index (χ3n) is 5.10. The summed E-state index contributed by atoms with van der Waals surface area (Å²) in [5, 5.41) is 0. The Kier molecular flexibility index (Phi) is 3.36. The molecular weight excluding hydrogens is 334 g/mol. The van der Waals surface area contributed by atoms with Gasteiger partial charge in [0.05, 0.1) is 11.3 Å². The van der Waals surface area contributed by atoms with Gasteiger partial charge in [0.15, 0.2) is 6.29 Å². The fourth-order valence-corrected chi connectivity index (χ4v) is 5.12. The zero-order chi connectivity index (χ0) is 17.0. The Labute approximate surface area is 150 Å². The monoisotopic (exact) mass is 351 g/mol. The van der Waals surface area contributed by atoms with Crippen molar-refractivity contribution < 1.29 is 9.59 Å². The first-order chi connectivity index (χ1) is 12.3. The first kappa shape index (κ1) is 15.0. The minimum absolute atomic E-state index is 0.00828. The Morgan fingerprint density at radius 1 is 1.00 bits per heavy atom. The summed E-state index contributed by atoms with van der Waals surface area (Å²) < 4.78 is 0. The van der Waals surface area contributed by atoms with Gasteiger partial charge in [-0.2, -0.15) is 0 Å². The third kappa shape index (κ3) is 2.14. The third-order valence-corrected chi connectivity index (χ3v) is 6.13. The molecule has 2 amide bonds. The SMILES string of the molecule is O=C1c2ccccc2N2C(=O)[C@H]3CSCN3[C@@H]2N1Cc1ccccc1. The van der Waals surface area contributed by atoms with Crippen LogP contribution in [0.2, 0.25) is 0 Å². The Hall–Kier alpha value is -2.31. The number of fused-ring (bicyclic) bond motifs is 5. The van der Waals surface area contributed by atoms with Gasteiger partial charge in [0, 0.05) is 18.2 Å².